The van der Waals surface area contributed by atoms with Crippen LogP contribution in [0.1, 0.15) is 35.2 Å². The Hall–Kier alpha value is -3.70. The van der Waals surface area contributed by atoms with Gasteiger partial charge in [-0.3, -0.25) is 20.1 Å². The van der Waals surface area contributed by atoms with Crippen LogP contribution in [0.4, 0.5) is 0 Å². The molecule has 0 bridgehead atoms. The van der Waals surface area contributed by atoms with E-state index in [1.807, 2.05) is 5.01 Å². The molecule has 8 nitrogen and oxygen atoms in total. The number of carbonyl (C=O) groups is 1. The Kier molecular flexibility index (Phi) is 5.22. The van der Waals surface area contributed by atoms with Crippen molar-refractivity contribution in [3.05, 3.63) is 70.3 Å². The van der Waals surface area contributed by atoms with Gasteiger partial charge in [0.15, 0.2) is 5.82 Å². The molecular formula is C21H20N6O2. The van der Waals surface area contributed by atoms with Crippen LogP contribution in [0, 0.1) is 11.3 Å². The molecule has 1 aromatic carbocycles. The summed E-state index contributed by atoms with van der Waals surface area (Å²) in [6, 6.07) is 12.2. The molecule has 1 aliphatic rings. The van der Waals surface area contributed by atoms with Gasteiger partial charge in [-0.05, 0) is 42.7 Å². The fourth-order valence-corrected chi connectivity index (χ4v) is 3.32. The predicted molar refractivity (Wildman–Crippen MR) is 107 cm³/mol. The van der Waals surface area contributed by atoms with Gasteiger partial charge in [-0.15, -0.1) is 0 Å². The molecule has 3 aromatic rings. The minimum atomic E-state index is -0.261. The normalized spacial score (nSPS) is 14.3. The van der Waals surface area contributed by atoms with E-state index in [0.717, 1.165) is 25.9 Å². The molecule has 1 fully saturated rings. The molecule has 0 saturated carbocycles. The number of benzene rings is 1. The zero-order valence-corrected chi connectivity index (χ0v) is 15.8. The van der Waals surface area contributed by atoms with Gasteiger partial charge in [0.2, 0.25) is 0 Å². The Morgan fingerprint density at radius 2 is 1.86 bits per heavy atom. The van der Waals surface area contributed by atoms with Crippen LogP contribution >= 0.6 is 0 Å². The van der Waals surface area contributed by atoms with Gasteiger partial charge < -0.3 is 0 Å². The van der Waals surface area contributed by atoms with E-state index >= 15 is 0 Å². The van der Waals surface area contributed by atoms with Crippen molar-refractivity contribution in [1.82, 2.24) is 25.2 Å². The molecular weight excluding hydrogens is 368 g/mol. The van der Waals surface area contributed by atoms with Crippen LogP contribution in [0.5, 0.6) is 0 Å². The van der Waals surface area contributed by atoms with Crippen LogP contribution in [0.25, 0.3) is 16.9 Å². The topological polar surface area (TPSA) is 107 Å². The Bertz CT molecular complexity index is 1100. The van der Waals surface area contributed by atoms with Crippen LogP contribution in [-0.2, 0) is 0 Å². The van der Waals surface area contributed by atoms with Crippen molar-refractivity contribution < 1.29 is 4.79 Å². The van der Waals surface area contributed by atoms with Crippen LogP contribution in [0.2, 0.25) is 0 Å². The number of carbonyl (C=O) groups excluding carboxylic acids is 1. The highest BCUT2D eigenvalue weighted by Crippen LogP contribution is 2.17. The van der Waals surface area contributed by atoms with E-state index in [-0.39, 0.29) is 11.5 Å². The summed E-state index contributed by atoms with van der Waals surface area (Å²) in [5.41, 5.74) is 4.82. The molecule has 0 spiro atoms. The van der Waals surface area contributed by atoms with Crippen LogP contribution < -0.4 is 11.0 Å². The van der Waals surface area contributed by atoms with Crippen molar-refractivity contribution in [2.45, 2.75) is 19.3 Å². The molecule has 29 heavy (non-hydrogen) atoms. The minimum Gasteiger partial charge on any atom is -0.285 e. The van der Waals surface area contributed by atoms with Gasteiger partial charge in [0.1, 0.15) is 0 Å². The average Bonchev–Trinajstić information content (AvgIpc) is 3.16. The van der Waals surface area contributed by atoms with Gasteiger partial charge in [0.05, 0.1) is 22.8 Å². The van der Waals surface area contributed by atoms with Crippen molar-refractivity contribution >= 4 is 5.91 Å². The van der Waals surface area contributed by atoms with Gasteiger partial charge in [-0.2, -0.15) is 5.26 Å². The van der Waals surface area contributed by atoms with Crippen molar-refractivity contribution in [1.29, 1.82) is 5.26 Å². The maximum atomic E-state index is 12.4. The average molecular weight is 388 g/mol. The molecule has 146 valence electrons. The zero-order chi connectivity index (χ0) is 20.2. The van der Waals surface area contributed by atoms with Gasteiger partial charge in [-0.1, -0.05) is 18.6 Å². The number of hydrazine groups is 1. The van der Waals surface area contributed by atoms with Crippen LogP contribution in [0.3, 0.4) is 0 Å². The number of aromatic amines is 1. The lowest BCUT2D eigenvalue weighted by atomic mass is 10.1. The standard InChI is InChI=1S/C21H20N6O2/c22-12-15-4-6-16(7-5-15)18-14-27(25-21(18)29)19-9-8-17(13-23-19)20(28)24-26-10-2-1-3-11-26/h4-9,13-14H,1-3,10-11H2,(H,24,28)(H,25,29). The summed E-state index contributed by atoms with van der Waals surface area (Å²) in [7, 11) is 0. The molecule has 1 aliphatic heterocycles. The fraction of sp³-hybridized carbons (Fsp3) is 0.238. The number of nitriles is 1. The highest BCUT2D eigenvalue weighted by atomic mass is 16.2. The number of aromatic nitrogens is 3. The van der Waals surface area contributed by atoms with E-state index in [0.29, 0.717) is 28.1 Å². The number of hydrogen-bond donors (Lipinski definition) is 2. The predicted octanol–water partition coefficient (Wildman–Crippen LogP) is 2.23. The number of hydrogen-bond acceptors (Lipinski definition) is 5. The highest BCUT2D eigenvalue weighted by Gasteiger charge is 2.15. The van der Waals surface area contributed by atoms with E-state index in [2.05, 4.69) is 21.6 Å². The largest absolute Gasteiger partial charge is 0.285 e. The number of piperidine rings is 1. The summed E-state index contributed by atoms with van der Waals surface area (Å²) in [5.74, 6) is 0.307. The Morgan fingerprint density at radius 3 is 2.52 bits per heavy atom. The molecule has 1 saturated heterocycles. The summed E-state index contributed by atoms with van der Waals surface area (Å²) >= 11 is 0. The number of pyridine rings is 1. The molecule has 0 aliphatic carbocycles. The number of amides is 1. The number of rotatable bonds is 4. The number of nitrogens with zero attached hydrogens (tertiary/aromatic N) is 4. The van der Waals surface area contributed by atoms with Crippen molar-refractivity contribution in [3.8, 4) is 23.0 Å². The van der Waals surface area contributed by atoms with Crippen LogP contribution in [0.15, 0.2) is 53.6 Å². The van der Waals surface area contributed by atoms with Crippen LogP contribution in [-0.4, -0.2) is 38.8 Å². The SMILES string of the molecule is N#Cc1ccc(-c2cn(-c3ccc(C(=O)NN4CCCCC4)cn3)[nH]c2=O)cc1. The van der Waals surface area contributed by atoms with Gasteiger partial charge in [-0.25, -0.2) is 14.7 Å². The molecule has 0 atom stereocenters. The smallest absolute Gasteiger partial charge is 0.272 e. The molecule has 2 aromatic heterocycles. The Morgan fingerprint density at radius 1 is 1.10 bits per heavy atom. The summed E-state index contributed by atoms with van der Waals surface area (Å²) in [6.07, 6.45) is 6.51. The van der Waals surface area contributed by atoms with Gasteiger partial charge in [0.25, 0.3) is 11.5 Å². The zero-order valence-electron chi connectivity index (χ0n) is 15.8. The van der Waals surface area contributed by atoms with E-state index in [4.69, 9.17) is 5.26 Å². The molecule has 2 N–H and O–H groups in total. The first-order chi connectivity index (χ1) is 14.1. The molecule has 0 radical (unpaired) electrons. The first kappa shape index (κ1) is 18.7. The molecule has 4 rings (SSSR count). The number of H-pyrrole nitrogens is 1. The highest BCUT2D eigenvalue weighted by molar-refractivity contribution is 5.93. The lowest BCUT2D eigenvalue weighted by Gasteiger charge is -2.26. The molecule has 3 heterocycles. The summed E-state index contributed by atoms with van der Waals surface area (Å²) < 4.78 is 1.52. The fourth-order valence-electron chi connectivity index (χ4n) is 3.32. The second kappa shape index (κ2) is 8.12. The minimum absolute atomic E-state index is 0.190. The molecule has 8 heteroatoms. The first-order valence-electron chi connectivity index (χ1n) is 9.48. The Labute approximate surface area is 167 Å². The first-order valence-corrected chi connectivity index (χ1v) is 9.48. The Balaban J connectivity index is 1.51. The molecule has 0 unspecified atom stereocenters. The molecule has 1 amide bonds. The van der Waals surface area contributed by atoms with E-state index in [1.165, 1.54) is 17.3 Å². The van der Waals surface area contributed by atoms with Crippen molar-refractivity contribution in [3.63, 3.8) is 0 Å². The third kappa shape index (κ3) is 4.10. The van der Waals surface area contributed by atoms with E-state index < -0.39 is 0 Å². The van der Waals surface area contributed by atoms with Gasteiger partial charge in [0, 0.05) is 25.5 Å². The maximum Gasteiger partial charge on any atom is 0.272 e. The number of nitrogens with one attached hydrogen (secondary N) is 2. The van der Waals surface area contributed by atoms with Crippen molar-refractivity contribution in [2.24, 2.45) is 0 Å². The summed E-state index contributed by atoms with van der Waals surface area (Å²) in [6.45, 7) is 1.72. The second-order valence-electron chi connectivity index (χ2n) is 6.94. The quantitative estimate of drug-likeness (QED) is 0.713. The van der Waals surface area contributed by atoms with E-state index in [9.17, 15) is 9.59 Å². The summed E-state index contributed by atoms with van der Waals surface area (Å²) in [4.78, 5) is 29.0. The third-order valence-corrected chi connectivity index (χ3v) is 4.92. The lowest BCUT2D eigenvalue weighted by molar-refractivity contribution is 0.0749. The second-order valence-corrected chi connectivity index (χ2v) is 6.94. The van der Waals surface area contributed by atoms with E-state index in [1.54, 1.807) is 42.6 Å². The lowest BCUT2D eigenvalue weighted by Crippen LogP contribution is -2.45. The summed E-state index contributed by atoms with van der Waals surface area (Å²) in [5, 5.41) is 13.6. The monoisotopic (exact) mass is 388 g/mol. The van der Waals surface area contributed by atoms with Crippen molar-refractivity contribution in [2.75, 3.05) is 13.1 Å². The maximum absolute atomic E-state index is 12.4. The third-order valence-electron chi connectivity index (χ3n) is 4.92. The van der Waals surface area contributed by atoms with Gasteiger partial charge >= 0.3 is 0 Å².